The lowest BCUT2D eigenvalue weighted by molar-refractivity contribution is -0.167. The molecule has 80 heavy (non-hydrogen) atoms. The number of carbonyl (C=O) groups excluding carboxylic acids is 3. The first kappa shape index (κ1) is 76.3. The minimum atomic E-state index is -0.794. The smallest absolute Gasteiger partial charge is 0.306 e. The summed E-state index contributed by atoms with van der Waals surface area (Å²) < 4.78 is 17.0. The highest BCUT2D eigenvalue weighted by Crippen LogP contribution is 2.17. The number of ether oxygens (including phenoxy) is 3. The van der Waals surface area contributed by atoms with Crippen molar-refractivity contribution < 1.29 is 28.6 Å². The Morgan fingerprint density at radius 1 is 0.263 bits per heavy atom. The third kappa shape index (κ3) is 65.1. The zero-order valence-corrected chi connectivity index (χ0v) is 52.8. The lowest BCUT2D eigenvalue weighted by Gasteiger charge is -2.18. The van der Waals surface area contributed by atoms with Crippen molar-refractivity contribution in [2.75, 3.05) is 13.2 Å². The second-order valence-electron chi connectivity index (χ2n) is 22.7. The van der Waals surface area contributed by atoms with Crippen LogP contribution in [0.4, 0.5) is 0 Å². The van der Waals surface area contributed by atoms with E-state index in [2.05, 4.69) is 118 Å². The zero-order chi connectivity index (χ0) is 57.8. The van der Waals surface area contributed by atoms with Crippen molar-refractivity contribution >= 4 is 17.9 Å². The third-order valence-corrected chi connectivity index (χ3v) is 14.8. The van der Waals surface area contributed by atoms with Crippen LogP contribution in [-0.4, -0.2) is 37.2 Å². The molecule has 0 bridgehead atoms. The maximum atomic E-state index is 12.9. The van der Waals surface area contributed by atoms with Gasteiger partial charge < -0.3 is 14.2 Å². The fraction of sp³-hybridized carbons (Fsp3) is 0.743. The van der Waals surface area contributed by atoms with Crippen molar-refractivity contribution in [1.82, 2.24) is 0 Å². The van der Waals surface area contributed by atoms with Crippen molar-refractivity contribution in [2.45, 2.75) is 341 Å². The Labute approximate surface area is 496 Å². The minimum absolute atomic E-state index is 0.0879. The number of allylic oxidation sites excluding steroid dienone is 16. The van der Waals surface area contributed by atoms with Gasteiger partial charge >= 0.3 is 17.9 Å². The van der Waals surface area contributed by atoms with Crippen LogP contribution in [0.15, 0.2) is 97.2 Å². The van der Waals surface area contributed by atoms with Crippen LogP contribution in [0, 0.1) is 0 Å². The first-order chi connectivity index (χ1) is 39.5. The Bertz CT molecular complexity index is 1560. The second kappa shape index (κ2) is 67.8. The molecule has 0 saturated carbocycles. The van der Waals surface area contributed by atoms with Crippen LogP contribution in [0.5, 0.6) is 0 Å². The number of rotatable bonds is 62. The summed E-state index contributed by atoms with van der Waals surface area (Å²) in [6.45, 7) is 6.54. The van der Waals surface area contributed by atoms with Crippen LogP contribution in [0.3, 0.4) is 0 Å². The highest BCUT2D eigenvalue weighted by atomic mass is 16.6. The van der Waals surface area contributed by atoms with E-state index in [1.54, 1.807) is 0 Å². The molecular weight excluding hydrogens is 985 g/mol. The van der Waals surface area contributed by atoms with Crippen LogP contribution in [0.25, 0.3) is 0 Å². The van der Waals surface area contributed by atoms with E-state index in [1.807, 2.05) is 0 Å². The topological polar surface area (TPSA) is 78.9 Å². The number of hydrogen-bond donors (Lipinski definition) is 0. The van der Waals surface area contributed by atoms with Gasteiger partial charge in [0, 0.05) is 19.3 Å². The predicted octanol–water partition coefficient (Wildman–Crippen LogP) is 23.6. The van der Waals surface area contributed by atoms with E-state index >= 15 is 0 Å². The molecule has 0 saturated heterocycles. The van der Waals surface area contributed by atoms with Gasteiger partial charge in [0.25, 0.3) is 0 Å². The van der Waals surface area contributed by atoms with Gasteiger partial charge in [-0.2, -0.15) is 0 Å². The van der Waals surface area contributed by atoms with Crippen LogP contribution in [0.1, 0.15) is 335 Å². The Morgan fingerprint density at radius 3 is 0.787 bits per heavy atom. The van der Waals surface area contributed by atoms with Gasteiger partial charge in [-0.05, 0) is 103 Å². The summed E-state index contributed by atoms with van der Waals surface area (Å²) in [5.74, 6) is -0.909. The molecule has 460 valence electrons. The van der Waals surface area contributed by atoms with E-state index in [0.29, 0.717) is 19.3 Å². The normalized spacial score (nSPS) is 12.7. The van der Waals surface area contributed by atoms with Crippen molar-refractivity contribution in [1.29, 1.82) is 0 Å². The molecule has 0 aliphatic rings. The van der Waals surface area contributed by atoms with Crippen LogP contribution in [0.2, 0.25) is 0 Å². The monoisotopic (exact) mass is 1110 g/mol. The molecule has 0 fully saturated rings. The Hall–Kier alpha value is -3.67. The quantitative estimate of drug-likeness (QED) is 0.0261. The molecule has 6 heteroatoms. The van der Waals surface area contributed by atoms with Gasteiger partial charge in [-0.3, -0.25) is 14.4 Å². The second-order valence-corrected chi connectivity index (χ2v) is 22.7. The number of carbonyl (C=O) groups is 3. The van der Waals surface area contributed by atoms with Gasteiger partial charge in [0.15, 0.2) is 6.10 Å². The summed E-state index contributed by atoms with van der Waals surface area (Å²) in [6, 6.07) is 0. The molecule has 0 N–H and O–H groups in total. The van der Waals surface area contributed by atoms with Gasteiger partial charge in [-0.25, -0.2) is 0 Å². The SMILES string of the molecule is CC/C=C\C/C=C\C/C=C\C/C=C\C/C=C\C/C=C\C/C=C\CCCCCC(=O)OCC(COC(=O)CCCCCCCCC/C=C\CCCCCCCCC)OC(=O)CCCCCCCCCCCCCCCCCCCCC. The first-order valence-electron chi connectivity index (χ1n) is 34.2. The van der Waals surface area contributed by atoms with Gasteiger partial charge in [0.2, 0.25) is 0 Å². The van der Waals surface area contributed by atoms with Crippen LogP contribution in [-0.2, 0) is 28.6 Å². The van der Waals surface area contributed by atoms with Gasteiger partial charge in [-0.15, -0.1) is 0 Å². The fourth-order valence-electron chi connectivity index (χ4n) is 9.71. The van der Waals surface area contributed by atoms with E-state index in [-0.39, 0.29) is 31.1 Å². The van der Waals surface area contributed by atoms with E-state index in [4.69, 9.17) is 14.2 Å². The average molecular weight is 1110 g/mol. The van der Waals surface area contributed by atoms with Crippen LogP contribution < -0.4 is 0 Å². The lowest BCUT2D eigenvalue weighted by Crippen LogP contribution is -2.30. The summed E-state index contributed by atoms with van der Waals surface area (Å²) in [5, 5.41) is 0. The van der Waals surface area contributed by atoms with Crippen molar-refractivity contribution in [3.05, 3.63) is 97.2 Å². The number of esters is 3. The van der Waals surface area contributed by atoms with E-state index in [0.717, 1.165) is 109 Å². The summed E-state index contributed by atoms with van der Waals surface area (Å²) >= 11 is 0. The minimum Gasteiger partial charge on any atom is -0.462 e. The molecule has 0 amide bonds. The number of unbranched alkanes of at least 4 members (excludes halogenated alkanes) is 35. The standard InChI is InChI=1S/C74H128O6/c1-4-7-10-13-16-19-22-25-28-31-34-35-36-37-38-39-41-43-46-49-52-55-58-61-64-67-73(76)79-70-71(69-78-72(75)66-63-60-57-54-51-48-45-42-33-30-27-24-21-18-15-12-9-6-3)80-74(77)68-65-62-59-56-53-50-47-44-40-32-29-26-23-20-17-14-11-8-5-2/h7,10,16,19,25,28,30,33-35,37-38,41,43,49,52,71H,4-6,8-9,11-15,17-18,20-24,26-27,29,31-32,36,39-40,42,44-48,50-51,53-70H2,1-3H3/b10-7-,19-16-,28-25-,33-30-,35-34-,38-37-,43-41-,52-49-. The zero-order valence-electron chi connectivity index (χ0n) is 52.8. The van der Waals surface area contributed by atoms with Crippen molar-refractivity contribution in [3.8, 4) is 0 Å². The third-order valence-electron chi connectivity index (χ3n) is 14.8. The summed E-state index contributed by atoms with van der Waals surface area (Å²) in [4.78, 5) is 38.4. The summed E-state index contributed by atoms with van der Waals surface area (Å²) in [5.41, 5.74) is 0. The van der Waals surface area contributed by atoms with Gasteiger partial charge in [0.05, 0.1) is 0 Å². The molecule has 0 aliphatic carbocycles. The molecule has 0 aromatic heterocycles. The maximum absolute atomic E-state index is 12.9. The van der Waals surface area contributed by atoms with Crippen molar-refractivity contribution in [3.63, 3.8) is 0 Å². The molecule has 6 nitrogen and oxygen atoms in total. The molecule has 0 aliphatic heterocycles. The molecular formula is C74H128O6. The molecule has 0 aromatic carbocycles. The molecule has 0 heterocycles. The molecule has 1 atom stereocenters. The molecule has 0 rings (SSSR count). The van der Waals surface area contributed by atoms with E-state index in [9.17, 15) is 14.4 Å². The highest BCUT2D eigenvalue weighted by Gasteiger charge is 2.19. The summed E-state index contributed by atoms with van der Waals surface area (Å²) in [6.07, 6.45) is 91.3. The first-order valence-corrected chi connectivity index (χ1v) is 34.2. The molecule has 0 aromatic rings. The average Bonchev–Trinajstić information content (AvgIpc) is 3.46. The number of hydrogen-bond acceptors (Lipinski definition) is 6. The Kier molecular flexibility index (Phi) is 64.7. The van der Waals surface area contributed by atoms with Crippen LogP contribution >= 0.6 is 0 Å². The van der Waals surface area contributed by atoms with Gasteiger partial charge in [0.1, 0.15) is 13.2 Å². The molecule has 0 radical (unpaired) electrons. The maximum Gasteiger partial charge on any atom is 0.306 e. The summed E-state index contributed by atoms with van der Waals surface area (Å²) in [7, 11) is 0. The van der Waals surface area contributed by atoms with Crippen molar-refractivity contribution in [2.24, 2.45) is 0 Å². The highest BCUT2D eigenvalue weighted by molar-refractivity contribution is 5.71. The molecule has 1 unspecified atom stereocenters. The largest absolute Gasteiger partial charge is 0.462 e. The molecule has 0 spiro atoms. The Morgan fingerprint density at radius 2 is 0.487 bits per heavy atom. The lowest BCUT2D eigenvalue weighted by atomic mass is 10.0. The van der Waals surface area contributed by atoms with Gasteiger partial charge in [-0.1, -0.05) is 311 Å². The Balaban J connectivity index is 4.43. The predicted molar refractivity (Wildman–Crippen MR) is 348 cm³/mol. The van der Waals surface area contributed by atoms with E-state index in [1.165, 1.54) is 186 Å². The fourth-order valence-corrected chi connectivity index (χ4v) is 9.71. The van der Waals surface area contributed by atoms with E-state index < -0.39 is 6.10 Å².